The van der Waals surface area contributed by atoms with Crippen molar-refractivity contribution in [2.75, 3.05) is 32.2 Å². The SMILES string of the molecule is CCOC(=O)c1sc(CC(=O)/C(C#N)=C\c2cc(C)n(-c3ccc(N(C)C)cc3)c2C)c(C(=O)OCC)c1C. The predicted molar refractivity (Wildman–Crippen MR) is 153 cm³/mol. The van der Waals surface area contributed by atoms with Gasteiger partial charge in [-0.25, -0.2) is 9.59 Å². The number of nitriles is 1. The zero-order valence-electron chi connectivity index (χ0n) is 23.4. The van der Waals surface area contributed by atoms with Crippen LogP contribution in [0.4, 0.5) is 5.69 Å². The number of benzene rings is 1. The van der Waals surface area contributed by atoms with E-state index in [9.17, 15) is 19.6 Å². The molecule has 2 aromatic heterocycles. The molecule has 2 heterocycles. The number of ketones is 1. The zero-order valence-corrected chi connectivity index (χ0v) is 24.2. The van der Waals surface area contributed by atoms with Gasteiger partial charge >= 0.3 is 11.9 Å². The summed E-state index contributed by atoms with van der Waals surface area (Å²) in [6.45, 7) is 9.23. The maximum Gasteiger partial charge on any atom is 0.348 e. The summed E-state index contributed by atoms with van der Waals surface area (Å²) in [5, 5.41) is 9.87. The van der Waals surface area contributed by atoms with Gasteiger partial charge in [-0.2, -0.15) is 5.26 Å². The lowest BCUT2D eigenvalue weighted by molar-refractivity contribution is -0.114. The van der Waals surface area contributed by atoms with E-state index in [1.54, 1.807) is 26.8 Å². The number of ether oxygens (including phenoxy) is 2. The third-order valence-corrected chi connectivity index (χ3v) is 7.57. The minimum Gasteiger partial charge on any atom is -0.462 e. The molecule has 0 unspecified atom stereocenters. The number of hydrogen-bond acceptors (Lipinski definition) is 8. The summed E-state index contributed by atoms with van der Waals surface area (Å²) in [6, 6.07) is 12.1. The second kappa shape index (κ2) is 12.6. The molecular weight excluding hydrogens is 514 g/mol. The number of Topliss-reactive ketones (excluding diaryl/α,β-unsaturated/α-hetero) is 1. The molecule has 0 aliphatic rings. The smallest absolute Gasteiger partial charge is 0.348 e. The molecule has 0 N–H and O–H groups in total. The molecule has 204 valence electrons. The van der Waals surface area contributed by atoms with E-state index in [2.05, 4.69) is 4.57 Å². The number of allylic oxidation sites excluding steroid dienone is 1. The number of hydrogen-bond donors (Lipinski definition) is 0. The number of nitrogens with zero attached hydrogens (tertiary/aromatic N) is 3. The van der Waals surface area contributed by atoms with Gasteiger partial charge in [0.15, 0.2) is 5.78 Å². The molecule has 0 aliphatic heterocycles. The standard InChI is InChI=1S/C30H33N3O5S/c1-8-37-29(35)27-19(4)28(30(36)38-9-2)39-26(27)16-25(34)22(17-31)15-21-14-18(3)33(20(21)5)24-12-10-23(11-13-24)32(6)7/h10-15H,8-9,16H2,1-7H3/b22-15-. The fourth-order valence-electron chi connectivity index (χ4n) is 4.36. The van der Waals surface area contributed by atoms with Crippen molar-refractivity contribution in [2.24, 2.45) is 0 Å². The Kier molecular flexibility index (Phi) is 9.49. The third kappa shape index (κ3) is 6.29. The van der Waals surface area contributed by atoms with Crippen molar-refractivity contribution in [3.8, 4) is 11.8 Å². The Hall–Kier alpha value is -4.16. The number of carbonyl (C=O) groups is 3. The second-order valence-corrected chi connectivity index (χ2v) is 10.2. The summed E-state index contributed by atoms with van der Waals surface area (Å²) in [4.78, 5) is 41.1. The maximum absolute atomic E-state index is 13.3. The van der Waals surface area contributed by atoms with Crippen LogP contribution in [0.3, 0.4) is 0 Å². The minimum absolute atomic E-state index is 0.0447. The van der Waals surface area contributed by atoms with Crippen LogP contribution in [0.15, 0.2) is 35.9 Å². The van der Waals surface area contributed by atoms with Gasteiger partial charge in [0.25, 0.3) is 0 Å². The fourth-order valence-corrected chi connectivity index (χ4v) is 5.55. The van der Waals surface area contributed by atoms with E-state index in [0.29, 0.717) is 10.4 Å². The molecule has 0 fully saturated rings. The Bertz CT molecular complexity index is 1470. The van der Waals surface area contributed by atoms with Gasteiger partial charge < -0.3 is 18.9 Å². The van der Waals surface area contributed by atoms with Gasteiger partial charge in [0.1, 0.15) is 10.9 Å². The normalized spacial score (nSPS) is 11.2. The highest BCUT2D eigenvalue weighted by Crippen LogP contribution is 2.31. The Balaban J connectivity index is 1.97. The number of carbonyl (C=O) groups excluding carboxylic acids is 3. The number of thiophene rings is 1. The van der Waals surface area contributed by atoms with Crippen LogP contribution in [0.2, 0.25) is 0 Å². The summed E-state index contributed by atoms with van der Waals surface area (Å²) in [6.07, 6.45) is 1.36. The van der Waals surface area contributed by atoms with Crippen molar-refractivity contribution >= 4 is 40.8 Å². The van der Waals surface area contributed by atoms with Crippen LogP contribution in [0.1, 0.15) is 61.3 Å². The molecule has 0 atom stereocenters. The molecule has 0 amide bonds. The molecule has 1 aromatic carbocycles. The van der Waals surface area contributed by atoms with E-state index < -0.39 is 17.7 Å². The molecule has 39 heavy (non-hydrogen) atoms. The van der Waals surface area contributed by atoms with Gasteiger partial charge in [0.2, 0.25) is 0 Å². The van der Waals surface area contributed by atoms with E-state index >= 15 is 0 Å². The van der Waals surface area contributed by atoms with E-state index in [0.717, 1.165) is 39.7 Å². The fraction of sp³-hybridized carbons (Fsp3) is 0.333. The quantitative estimate of drug-likeness (QED) is 0.185. The van der Waals surface area contributed by atoms with E-state index in [-0.39, 0.29) is 35.6 Å². The van der Waals surface area contributed by atoms with Crippen molar-refractivity contribution < 1.29 is 23.9 Å². The highest BCUT2D eigenvalue weighted by molar-refractivity contribution is 7.14. The number of anilines is 1. The minimum atomic E-state index is -0.615. The van der Waals surface area contributed by atoms with Crippen LogP contribution in [0.25, 0.3) is 11.8 Å². The summed E-state index contributed by atoms with van der Waals surface area (Å²) in [5.74, 6) is -1.64. The Morgan fingerprint density at radius 3 is 2.21 bits per heavy atom. The first-order valence-corrected chi connectivity index (χ1v) is 13.4. The summed E-state index contributed by atoms with van der Waals surface area (Å²) in [5.41, 5.74) is 5.18. The molecular formula is C30H33N3O5S. The molecule has 9 heteroatoms. The van der Waals surface area contributed by atoms with Crippen LogP contribution in [0, 0.1) is 32.1 Å². The average Bonchev–Trinajstić information content (AvgIpc) is 3.37. The molecule has 8 nitrogen and oxygen atoms in total. The molecule has 0 saturated carbocycles. The summed E-state index contributed by atoms with van der Waals surface area (Å²) in [7, 11) is 3.96. The zero-order chi connectivity index (χ0) is 28.9. The molecule has 0 bridgehead atoms. The largest absolute Gasteiger partial charge is 0.462 e. The maximum atomic E-state index is 13.3. The van der Waals surface area contributed by atoms with Crippen molar-refractivity contribution in [3.05, 3.63) is 73.7 Å². The number of aromatic nitrogens is 1. The van der Waals surface area contributed by atoms with Crippen molar-refractivity contribution in [1.29, 1.82) is 5.26 Å². The predicted octanol–water partition coefficient (Wildman–Crippen LogP) is 5.60. The van der Waals surface area contributed by atoms with Gasteiger partial charge in [0, 0.05) is 48.2 Å². The first-order valence-electron chi connectivity index (χ1n) is 12.6. The van der Waals surface area contributed by atoms with Gasteiger partial charge in [-0.15, -0.1) is 11.3 Å². The van der Waals surface area contributed by atoms with E-state index in [1.165, 1.54) is 0 Å². The number of aryl methyl sites for hydroxylation is 1. The van der Waals surface area contributed by atoms with Crippen LogP contribution in [-0.2, 0) is 20.7 Å². The lowest BCUT2D eigenvalue weighted by Gasteiger charge is -2.14. The molecule has 0 saturated heterocycles. The Morgan fingerprint density at radius 1 is 1.03 bits per heavy atom. The van der Waals surface area contributed by atoms with Crippen molar-refractivity contribution in [1.82, 2.24) is 4.57 Å². The monoisotopic (exact) mass is 547 g/mol. The highest BCUT2D eigenvalue weighted by Gasteiger charge is 2.28. The van der Waals surface area contributed by atoms with Crippen LogP contribution >= 0.6 is 11.3 Å². The van der Waals surface area contributed by atoms with E-state index in [4.69, 9.17) is 9.47 Å². The Labute approximate surface area is 233 Å². The van der Waals surface area contributed by atoms with Crippen molar-refractivity contribution in [3.63, 3.8) is 0 Å². The first-order chi connectivity index (χ1) is 18.5. The summed E-state index contributed by atoms with van der Waals surface area (Å²) < 4.78 is 12.4. The lowest BCUT2D eigenvalue weighted by atomic mass is 10.0. The van der Waals surface area contributed by atoms with Crippen LogP contribution in [0.5, 0.6) is 0 Å². The molecule has 0 spiro atoms. The van der Waals surface area contributed by atoms with Gasteiger partial charge in [0.05, 0.1) is 24.4 Å². The first kappa shape index (κ1) is 29.4. The molecule has 3 rings (SSSR count). The highest BCUT2D eigenvalue weighted by atomic mass is 32.1. The van der Waals surface area contributed by atoms with Crippen LogP contribution < -0.4 is 4.90 Å². The van der Waals surface area contributed by atoms with Gasteiger partial charge in [-0.3, -0.25) is 4.79 Å². The average molecular weight is 548 g/mol. The third-order valence-electron chi connectivity index (χ3n) is 6.30. The lowest BCUT2D eigenvalue weighted by Crippen LogP contribution is -2.12. The van der Waals surface area contributed by atoms with E-state index in [1.807, 2.05) is 69.2 Å². The summed E-state index contributed by atoms with van der Waals surface area (Å²) >= 11 is 1.02. The van der Waals surface area contributed by atoms with Gasteiger partial charge in [-0.05, 0) is 82.2 Å². The van der Waals surface area contributed by atoms with Gasteiger partial charge in [-0.1, -0.05) is 0 Å². The molecule has 3 aromatic rings. The van der Waals surface area contributed by atoms with Crippen LogP contribution in [-0.4, -0.2) is 49.6 Å². The van der Waals surface area contributed by atoms with Crippen molar-refractivity contribution in [2.45, 2.75) is 41.0 Å². The molecule has 0 radical (unpaired) electrons. The second-order valence-electron chi connectivity index (χ2n) is 9.14. The topological polar surface area (TPSA) is 102 Å². The number of esters is 2. The number of rotatable bonds is 10. The molecule has 0 aliphatic carbocycles. The Morgan fingerprint density at radius 2 is 1.64 bits per heavy atom.